The lowest BCUT2D eigenvalue weighted by Crippen LogP contribution is -1.94. The molecule has 0 saturated heterocycles. The molecule has 3 aromatic heterocycles. The average Bonchev–Trinajstić information content (AvgIpc) is 3.99. The number of oxazole rings is 1. The van der Waals surface area contributed by atoms with Crippen LogP contribution in [0.5, 0.6) is 0 Å². The van der Waals surface area contributed by atoms with E-state index in [9.17, 15) is 0 Å². The third-order valence-corrected chi connectivity index (χ3v) is 11.7. The van der Waals surface area contributed by atoms with Crippen LogP contribution in [0, 0.1) is 0 Å². The summed E-state index contributed by atoms with van der Waals surface area (Å²) >= 11 is 0. The molecule has 0 saturated carbocycles. The highest BCUT2D eigenvalue weighted by atomic mass is 16.3. The summed E-state index contributed by atoms with van der Waals surface area (Å²) in [5, 5.41) is 4.79. The number of hydrogen-bond donors (Lipinski definition) is 0. The fourth-order valence-corrected chi connectivity index (χ4v) is 8.95. The molecule has 12 rings (SSSR count). The summed E-state index contributed by atoms with van der Waals surface area (Å²) in [6, 6.07) is 75.7. The molecule has 0 amide bonds. The summed E-state index contributed by atoms with van der Waals surface area (Å²) < 4.78 is 11.3. The first kappa shape index (κ1) is 33.2. The van der Waals surface area contributed by atoms with Crippen LogP contribution in [-0.4, -0.2) is 14.1 Å². The van der Waals surface area contributed by atoms with E-state index in [4.69, 9.17) is 9.40 Å². The van der Waals surface area contributed by atoms with Gasteiger partial charge in [-0.2, -0.15) is 0 Å². The van der Waals surface area contributed by atoms with Crippen molar-refractivity contribution in [2.24, 2.45) is 0 Å². The fraction of sp³-hybridized carbons (Fsp3) is 0. The Balaban J connectivity index is 0.917. The van der Waals surface area contributed by atoms with Crippen LogP contribution in [0.15, 0.2) is 217 Å². The third-order valence-electron chi connectivity index (χ3n) is 11.7. The van der Waals surface area contributed by atoms with Gasteiger partial charge in [0.1, 0.15) is 5.52 Å². The van der Waals surface area contributed by atoms with Crippen LogP contribution < -0.4 is 0 Å². The van der Waals surface area contributed by atoms with E-state index < -0.39 is 0 Å². The molecule has 0 fully saturated rings. The zero-order chi connectivity index (χ0) is 38.9. The monoisotopic (exact) mass is 753 g/mol. The van der Waals surface area contributed by atoms with E-state index in [2.05, 4.69) is 221 Å². The molecule has 276 valence electrons. The van der Waals surface area contributed by atoms with Gasteiger partial charge in [-0.1, -0.05) is 127 Å². The second-order valence-corrected chi connectivity index (χ2v) is 15.2. The average molecular weight is 754 g/mol. The summed E-state index contributed by atoms with van der Waals surface area (Å²) in [6.07, 6.45) is 0. The van der Waals surface area contributed by atoms with Crippen molar-refractivity contribution in [1.29, 1.82) is 0 Å². The summed E-state index contributed by atoms with van der Waals surface area (Å²) in [7, 11) is 0. The van der Waals surface area contributed by atoms with E-state index in [1.165, 1.54) is 49.4 Å². The molecule has 0 radical (unpaired) electrons. The molecule has 0 bridgehead atoms. The van der Waals surface area contributed by atoms with Crippen LogP contribution in [0.25, 0.3) is 111 Å². The number of hydrogen-bond acceptors (Lipinski definition) is 2. The summed E-state index contributed by atoms with van der Waals surface area (Å²) in [5.74, 6) is 0.609. The molecule has 4 heteroatoms. The second-order valence-electron chi connectivity index (χ2n) is 15.2. The lowest BCUT2D eigenvalue weighted by molar-refractivity contribution is 0.620. The Hall–Kier alpha value is -7.95. The Morgan fingerprint density at radius 3 is 1.51 bits per heavy atom. The van der Waals surface area contributed by atoms with E-state index in [1.54, 1.807) is 0 Å². The van der Waals surface area contributed by atoms with Crippen molar-refractivity contribution in [3.05, 3.63) is 212 Å². The zero-order valence-electron chi connectivity index (χ0n) is 32.0. The SMILES string of the molecule is c1ccc(-c2cccc(-c3cccc(-n4c5ccccc5c5cc(-c6nc7ccc(-c8ccc9c(c8)c8ccccc8n9-c8ccccc8)cc7o6)ccc54)c3)c2)cc1. The van der Waals surface area contributed by atoms with Gasteiger partial charge in [-0.05, 0) is 118 Å². The van der Waals surface area contributed by atoms with Gasteiger partial charge in [0.25, 0.3) is 0 Å². The summed E-state index contributed by atoms with van der Waals surface area (Å²) in [4.78, 5) is 4.99. The second kappa shape index (κ2) is 13.3. The highest BCUT2D eigenvalue weighted by Gasteiger charge is 2.18. The quantitative estimate of drug-likeness (QED) is 0.169. The molecule has 3 heterocycles. The third kappa shape index (κ3) is 5.49. The van der Waals surface area contributed by atoms with Crippen molar-refractivity contribution in [3.8, 4) is 56.2 Å². The molecular formula is C55H35N3O. The van der Waals surface area contributed by atoms with Gasteiger partial charge in [0, 0.05) is 38.5 Å². The highest BCUT2D eigenvalue weighted by Crippen LogP contribution is 2.39. The number of benzene rings is 9. The van der Waals surface area contributed by atoms with Gasteiger partial charge in [-0.3, -0.25) is 0 Å². The van der Waals surface area contributed by atoms with Crippen LogP contribution in [0.3, 0.4) is 0 Å². The molecule has 0 aliphatic rings. The maximum atomic E-state index is 6.57. The van der Waals surface area contributed by atoms with Crippen LogP contribution in [0.4, 0.5) is 0 Å². The topological polar surface area (TPSA) is 35.9 Å². The maximum absolute atomic E-state index is 6.57. The Labute approximate surface area is 340 Å². The van der Waals surface area contributed by atoms with Gasteiger partial charge in [-0.25, -0.2) is 4.98 Å². The zero-order valence-corrected chi connectivity index (χ0v) is 32.0. The number of rotatable bonds is 6. The predicted molar refractivity (Wildman–Crippen MR) is 244 cm³/mol. The largest absolute Gasteiger partial charge is 0.436 e. The number of fused-ring (bicyclic) bond motifs is 7. The standard InChI is InChI=1S/C55H35N3O/c1-3-13-36(14-4-1)37-15-11-16-38(31-37)39-17-12-20-44(32-39)58-51-24-10-8-22-46(51)48-34-42(27-30-53(48)58)55-56-49-28-25-41(35-54(49)59-55)40-26-29-52-47(33-40)45-21-7-9-23-50(45)57(52)43-18-5-2-6-19-43/h1-35H. The Morgan fingerprint density at radius 2 is 0.780 bits per heavy atom. The van der Waals surface area contributed by atoms with Gasteiger partial charge in [0.2, 0.25) is 5.89 Å². The predicted octanol–water partition coefficient (Wildman–Crippen LogP) is 14.7. The van der Waals surface area contributed by atoms with Crippen molar-refractivity contribution < 1.29 is 4.42 Å². The fourth-order valence-electron chi connectivity index (χ4n) is 8.95. The minimum absolute atomic E-state index is 0.609. The molecular weight excluding hydrogens is 719 g/mol. The number of para-hydroxylation sites is 3. The van der Waals surface area contributed by atoms with Crippen LogP contribution >= 0.6 is 0 Å². The molecule has 0 spiro atoms. The molecule has 0 atom stereocenters. The number of nitrogens with zero attached hydrogens (tertiary/aromatic N) is 3. The highest BCUT2D eigenvalue weighted by molar-refractivity contribution is 6.11. The minimum atomic E-state index is 0.609. The molecule has 0 unspecified atom stereocenters. The van der Waals surface area contributed by atoms with E-state index in [-0.39, 0.29) is 0 Å². The van der Waals surface area contributed by atoms with Gasteiger partial charge in [0.15, 0.2) is 5.58 Å². The molecule has 4 nitrogen and oxygen atoms in total. The van der Waals surface area contributed by atoms with Crippen molar-refractivity contribution in [2.45, 2.75) is 0 Å². The first-order valence-electron chi connectivity index (χ1n) is 20.0. The molecule has 0 N–H and O–H groups in total. The van der Waals surface area contributed by atoms with Crippen molar-refractivity contribution >= 4 is 54.7 Å². The Kier molecular flexibility index (Phi) is 7.50. The van der Waals surface area contributed by atoms with Gasteiger partial charge < -0.3 is 13.6 Å². The van der Waals surface area contributed by atoms with E-state index in [1.807, 2.05) is 0 Å². The maximum Gasteiger partial charge on any atom is 0.227 e. The first-order chi connectivity index (χ1) is 29.2. The summed E-state index contributed by atoms with van der Waals surface area (Å²) in [6.45, 7) is 0. The lowest BCUT2D eigenvalue weighted by atomic mass is 9.99. The van der Waals surface area contributed by atoms with Crippen molar-refractivity contribution in [2.75, 3.05) is 0 Å². The number of aromatic nitrogens is 3. The van der Waals surface area contributed by atoms with Gasteiger partial charge >= 0.3 is 0 Å². The lowest BCUT2D eigenvalue weighted by Gasteiger charge is -2.11. The normalized spacial score (nSPS) is 11.7. The molecule has 9 aromatic carbocycles. The Bertz CT molecular complexity index is 3550. The van der Waals surface area contributed by atoms with Crippen LogP contribution in [0.2, 0.25) is 0 Å². The van der Waals surface area contributed by atoms with E-state index in [0.29, 0.717) is 5.89 Å². The smallest absolute Gasteiger partial charge is 0.227 e. The van der Waals surface area contributed by atoms with Crippen LogP contribution in [0.1, 0.15) is 0 Å². The van der Waals surface area contributed by atoms with Gasteiger partial charge in [-0.15, -0.1) is 0 Å². The molecule has 59 heavy (non-hydrogen) atoms. The molecule has 0 aliphatic carbocycles. The molecule has 12 aromatic rings. The van der Waals surface area contributed by atoms with Crippen molar-refractivity contribution in [1.82, 2.24) is 14.1 Å². The van der Waals surface area contributed by atoms with E-state index in [0.717, 1.165) is 55.6 Å². The van der Waals surface area contributed by atoms with Crippen molar-refractivity contribution in [3.63, 3.8) is 0 Å². The van der Waals surface area contributed by atoms with Gasteiger partial charge in [0.05, 0.1) is 22.1 Å². The van der Waals surface area contributed by atoms with Crippen LogP contribution in [-0.2, 0) is 0 Å². The summed E-state index contributed by atoms with van der Waals surface area (Å²) in [5.41, 5.74) is 16.5. The Morgan fingerprint density at radius 1 is 0.305 bits per heavy atom. The molecule has 0 aliphatic heterocycles. The first-order valence-corrected chi connectivity index (χ1v) is 20.0. The van der Waals surface area contributed by atoms with E-state index >= 15 is 0 Å². The minimum Gasteiger partial charge on any atom is -0.436 e.